The second-order valence-electron chi connectivity index (χ2n) is 17.9. The zero-order valence-electron chi connectivity index (χ0n) is 36.5. The van der Waals surface area contributed by atoms with Crippen molar-refractivity contribution in [2.75, 3.05) is 14.2 Å². The van der Waals surface area contributed by atoms with Crippen LogP contribution in [0.1, 0.15) is 99.8 Å². The Hall–Kier alpha value is -5.46. The number of amides is 3. The van der Waals surface area contributed by atoms with Crippen LogP contribution in [-0.4, -0.2) is 78.7 Å². The molecular weight excluding hydrogens is 765 g/mol. The van der Waals surface area contributed by atoms with Gasteiger partial charge < -0.3 is 34.9 Å². The van der Waals surface area contributed by atoms with E-state index in [1.807, 2.05) is 76.2 Å². The van der Waals surface area contributed by atoms with Gasteiger partial charge in [0.1, 0.15) is 41.3 Å². The van der Waals surface area contributed by atoms with Crippen molar-refractivity contribution in [3.8, 4) is 22.8 Å². The molecule has 13 heteroatoms. The lowest BCUT2D eigenvalue weighted by Crippen LogP contribution is -2.58. The fraction of sp³-hybridized carbons (Fsp3) is 0.532. The number of aromatic nitrogens is 1. The average Bonchev–Trinajstić information content (AvgIpc) is 3.64. The van der Waals surface area contributed by atoms with Gasteiger partial charge >= 0.3 is 11.9 Å². The van der Waals surface area contributed by atoms with Crippen molar-refractivity contribution >= 4 is 40.6 Å². The molecule has 1 fully saturated rings. The van der Waals surface area contributed by atoms with E-state index in [1.165, 1.54) is 7.11 Å². The highest BCUT2D eigenvalue weighted by atomic mass is 16.6. The number of hydrogen-bond acceptors (Lipinski definition) is 10. The molecule has 60 heavy (non-hydrogen) atoms. The van der Waals surface area contributed by atoms with Gasteiger partial charge in [-0.1, -0.05) is 83.7 Å². The van der Waals surface area contributed by atoms with Crippen LogP contribution in [-0.2, 0) is 33.4 Å². The predicted molar refractivity (Wildman–Crippen MR) is 229 cm³/mol. The second kappa shape index (κ2) is 19.7. The summed E-state index contributed by atoms with van der Waals surface area (Å²) in [6, 6.07) is 14.0. The van der Waals surface area contributed by atoms with Crippen molar-refractivity contribution in [1.29, 1.82) is 0 Å². The molecule has 5 rings (SSSR count). The summed E-state index contributed by atoms with van der Waals surface area (Å²) in [5.74, 6) is -2.92. The number of benzene rings is 2. The van der Waals surface area contributed by atoms with Crippen LogP contribution in [0.3, 0.4) is 0 Å². The normalized spacial score (nSPS) is 18.6. The molecule has 0 spiro atoms. The number of nitrogens with zero attached hydrogens (tertiary/aromatic N) is 1. The minimum Gasteiger partial charge on any atom is -0.497 e. The summed E-state index contributed by atoms with van der Waals surface area (Å²) in [7, 11) is 2.88. The first-order valence-corrected chi connectivity index (χ1v) is 21.1. The van der Waals surface area contributed by atoms with E-state index in [0.717, 1.165) is 37.7 Å². The van der Waals surface area contributed by atoms with E-state index in [2.05, 4.69) is 16.0 Å². The smallest absolute Gasteiger partial charge is 0.329 e. The molecule has 2 aromatic carbocycles. The quantitative estimate of drug-likeness (QED) is 0.136. The largest absolute Gasteiger partial charge is 0.497 e. The lowest BCUT2D eigenvalue weighted by molar-refractivity contribution is -0.159. The third-order valence-electron chi connectivity index (χ3n) is 11.0. The first-order chi connectivity index (χ1) is 28.4. The van der Waals surface area contributed by atoms with Gasteiger partial charge in [0, 0.05) is 35.1 Å². The van der Waals surface area contributed by atoms with Gasteiger partial charge in [0.05, 0.1) is 31.3 Å². The van der Waals surface area contributed by atoms with Crippen LogP contribution in [0, 0.1) is 17.3 Å². The zero-order chi connectivity index (χ0) is 43.8. The van der Waals surface area contributed by atoms with Gasteiger partial charge in [0.15, 0.2) is 0 Å². The van der Waals surface area contributed by atoms with E-state index in [9.17, 15) is 24.0 Å². The summed E-state index contributed by atoms with van der Waals surface area (Å²) in [5.41, 5.74) is 0.620. The topological polar surface area (TPSA) is 171 Å². The number of methoxy groups -OCH3 is 2. The fourth-order valence-corrected chi connectivity index (χ4v) is 7.90. The molecule has 2 aliphatic rings. The van der Waals surface area contributed by atoms with Gasteiger partial charge in [0.2, 0.25) is 17.7 Å². The third-order valence-corrected chi connectivity index (χ3v) is 11.0. The Morgan fingerprint density at radius 2 is 1.55 bits per heavy atom. The maximum Gasteiger partial charge on any atom is 0.329 e. The SMILES string of the molecule is CCC[C@H](NC(=O)[C@H]1C[C@H](Oc2cc(-c3ccccc3)nc3cc(OC)ccc23)C=C1C(=O)N[C@@H](C(=O)NC(C(=O)OC)C1CCCCC1)C(C)(C)C)C(=O)OC(C)(C)C. The summed E-state index contributed by atoms with van der Waals surface area (Å²) in [5, 5.41) is 9.39. The van der Waals surface area contributed by atoms with Gasteiger partial charge in [-0.15, -0.1) is 0 Å². The Labute approximate surface area is 353 Å². The van der Waals surface area contributed by atoms with E-state index in [-0.39, 0.29) is 17.9 Å². The molecule has 13 nitrogen and oxygen atoms in total. The molecule has 0 bridgehead atoms. The molecule has 1 saturated carbocycles. The Kier molecular flexibility index (Phi) is 15.0. The van der Waals surface area contributed by atoms with Crippen LogP contribution in [0.2, 0.25) is 0 Å². The monoisotopic (exact) mass is 826 g/mol. The minimum atomic E-state index is -1.10. The molecule has 0 saturated heterocycles. The molecule has 2 aliphatic carbocycles. The highest BCUT2D eigenvalue weighted by Gasteiger charge is 2.43. The van der Waals surface area contributed by atoms with Crippen molar-refractivity contribution in [2.24, 2.45) is 17.3 Å². The van der Waals surface area contributed by atoms with Crippen molar-refractivity contribution in [3.05, 3.63) is 66.2 Å². The Bertz CT molecular complexity index is 2050. The van der Waals surface area contributed by atoms with Crippen LogP contribution in [0.25, 0.3) is 22.2 Å². The van der Waals surface area contributed by atoms with Crippen LogP contribution < -0.4 is 25.4 Å². The van der Waals surface area contributed by atoms with E-state index in [0.29, 0.717) is 40.9 Å². The number of pyridine rings is 1. The summed E-state index contributed by atoms with van der Waals surface area (Å²) in [6.45, 7) is 12.6. The van der Waals surface area contributed by atoms with Crippen LogP contribution in [0.15, 0.2) is 66.2 Å². The Morgan fingerprint density at radius 1 is 0.850 bits per heavy atom. The van der Waals surface area contributed by atoms with Gasteiger partial charge in [0.25, 0.3) is 0 Å². The van der Waals surface area contributed by atoms with E-state index >= 15 is 0 Å². The van der Waals surface area contributed by atoms with Crippen molar-refractivity contribution in [2.45, 2.75) is 130 Å². The number of ether oxygens (including phenoxy) is 4. The molecule has 3 aromatic rings. The Balaban J connectivity index is 1.50. The van der Waals surface area contributed by atoms with Crippen molar-refractivity contribution < 1.29 is 42.9 Å². The van der Waals surface area contributed by atoms with E-state index in [4.69, 9.17) is 23.9 Å². The molecule has 1 heterocycles. The highest BCUT2D eigenvalue weighted by Crippen LogP contribution is 2.37. The first kappa shape index (κ1) is 45.6. The van der Waals surface area contributed by atoms with E-state index in [1.54, 1.807) is 40.0 Å². The minimum absolute atomic E-state index is 0.0564. The van der Waals surface area contributed by atoms with Gasteiger partial charge in [-0.2, -0.15) is 0 Å². The van der Waals surface area contributed by atoms with Crippen molar-refractivity contribution in [3.63, 3.8) is 0 Å². The third kappa shape index (κ3) is 11.6. The predicted octanol–water partition coefficient (Wildman–Crippen LogP) is 7.00. The molecule has 5 atom stereocenters. The first-order valence-electron chi connectivity index (χ1n) is 21.1. The number of rotatable bonds is 15. The van der Waals surface area contributed by atoms with E-state index < -0.39 is 70.8 Å². The summed E-state index contributed by atoms with van der Waals surface area (Å²) in [6.07, 6.45) is 6.28. The van der Waals surface area contributed by atoms with Gasteiger partial charge in [-0.05, 0) is 69.6 Å². The fourth-order valence-electron chi connectivity index (χ4n) is 7.90. The molecule has 0 aliphatic heterocycles. The maximum atomic E-state index is 14.6. The molecule has 3 N–H and O–H groups in total. The molecule has 1 aromatic heterocycles. The lowest BCUT2D eigenvalue weighted by Gasteiger charge is -2.34. The maximum absolute atomic E-state index is 14.6. The Morgan fingerprint density at radius 3 is 2.17 bits per heavy atom. The van der Waals surface area contributed by atoms with Crippen LogP contribution >= 0.6 is 0 Å². The average molecular weight is 827 g/mol. The van der Waals surface area contributed by atoms with Crippen LogP contribution in [0.4, 0.5) is 0 Å². The zero-order valence-corrected chi connectivity index (χ0v) is 36.5. The second-order valence-corrected chi connectivity index (χ2v) is 17.9. The standard InChI is InChI=1S/C47H62N4O9/c1-10-17-35(44(55)60-47(5,6)7)49-41(52)33-24-31(59-38-27-36(28-18-13-11-14-19-28)48-37-26-30(57-8)22-23-32(37)38)25-34(33)42(53)51-40(46(2,3)4)43(54)50-39(45(56)58-9)29-20-15-12-16-21-29/h11,13-14,18-19,22-23,25-27,29,31,33,35,39-40H,10,12,15-17,20-21,24H2,1-9H3,(H,49,52)(H,50,54)(H,51,53)/t31-,33-,35-,39?,40-/m0/s1. The van der Waals surface area contributed by atoms with Gasteiger partial charge in [-0.3, -0.25) is 14.4 Å². The summed E-state index contributed by atoms with van der Waals surface area (Å²) in [4.78, 5) is 74.2. The highest BCUT2D eigenvalue weighted by molar-refractivity contribution is 6.04. The molecule has 324 valence electrons. The number of carbonyl (C=O) groups excluding carboxylic acids is 5. The number of nitrogens with one attached hydrogen (secondary N) is 3. The molecular formula is C47H62N4O9. The molecule has 1 unspecified atom stereocenters. The number of hydrogen-bond donors (Lipinski definition) is 3. The van der Waals surface area contributed by atoms with Crippen molar-refractivity contribution in [1.82, 2.24) is 20.9 Å². The summed E-state index contributed by atoms with van der Waals surface area (Å²) < 4.78 is 22.9. The lowest BCUT2D eigenvalue weighted by atomic mass is 9.82. The number of esters is 2. The van der Waals surface area contributed by atoms with Gasteiger partial charge in [-0.25, -0.2) is 14.6 Å². The van der Waals surface area contributed by atoms with Crippen LogP contribution in [0.5, 0.6) is 11.5 Å². The number of fused-ring (bicyclic) bond motifs is 1. The summed E-state index contributed by atoms with van der Waals surface area (Å²) >= 11 is 0. The number of carbonyl (C=O) groups is 5. The molecule has 3 amide bonds. The molecule has 0 radical (unpaired) electrons.